The molecule has 6 heteroatoms. The van der Waals surface area contributed by atoms with Gasteiger partial charge in [-0.1, -0.05) is 30.3 Å². The van der Waals surface area contributed by atoms with Crippen molar-refractivity contribution in [2.24, 2.45) is 5.41 Å². The number of ether oxygens (including phenoxy) is 1. The molecule has 0 aromatic heterocycles. The van der Waals surface area contributed by atoms with Crippen LogP contribution in [0.2, 0.25) is 0 Å². The number of rotatable bonds is 8. The van der Waals surface area contributed by atoms with Gasteiger partial charge < -0.3 is 14.9 Å². The van der Waals surface area contributed by atoms with Crippen molar-refractivity contribution in [3.8, 4) is 0 Å². The van der Waals surface area contributed by atoms with E-state index < -0.39 is 29.7 Å². The van der Waals surface area contributed by atoms with E-state index in [2.05, 4.69) is 4.74 Å². The third-order valence-electron chi connectivity index (χ3n) is 3.25. The molecular formula is C15H18O6. The Bertz CT molecular complexity index is 494. The van der Waals surface area contributed by atoms with Crippen LogP contribution in [-0.4, -0.2) is 34.7 Å². The van der Waals surface area contributed by atoms with Gasteiger partial charge >= 0.3 is 17.9 Å². The predicted octanol–water partition coefficient (Wildman–Crippen LogP) is 1.73. The fourth-order valence-electron chi connectivity index (χ4n) is 2.01. The monoisotopic (exact) mass is 294 g/mol. The second-order valence-electron chi connectivity index (χ2n) is 4.66. The van der Waals surface area contributed by atoms with Gasteiger partial charge in [0.05, 0.1) is 13.0 Å². The predicted molar refractivity (Wildman–Crippen MR) is 73.7 cm³/mol. The average Bonchev–Trinajstić information content (AvgIpc) is 2.44. The molecule has 2 N–H and O–H groups in total. The largest absolute Gasteiger partial charge is 0.480 e. The molecule has 0 saturated heterocycles. The molecule has 21 heavy (non-hydrogen) atoms. The summed E-state index contributed by atoms with van der Waals surface area (Å²) >= 11 is 0. The molecule has 0 radical (unpaired) electrons. The van der Waals surface area contributed by atoms with Gasteiger partial charge in [-0.2, -0.15) is 0 Å². The zero-order valence-electron chi connectivity index (χ0n) is 11.7. The van der Waals surface area contributed by atoms with E-state index in [9.17, 15) is 24.6 Å². The number of esters is 1. The highest BCUT2D eigenvalue weighted by Gasteiger charge is 2.48. The van der Waals surface area contributed by atoms with Crippen LogP contribution < -0.4 is 0 Å². The highest BCUT2D eigenvalue weighted by molar-refractivity contribution is 6.01. The molecule has 1 aromatic carbocycles. The lowest BCUT2D eigenvalue weighted by molar-refractivity contribution is -0.171. The van der Waals surface area contributed by atoms with Crippen LogP contribution in [0.4, 0.5) is 0 Å². The molecule has 0 fully saturated rings. The minimum atomic E-state index is -2.16. The molecule has 0 saturated carbocycles. The SMILES string of the molecule is CCOC(=O)CC(CCc1ccccc1)(C(=O)O)C(=O)O. The Morgan fingerprint density at radius 1 is 1.10 bits per heavy atom. The quantitative estimate of drug-likeness (QED) is 0.559. The summed E-state index contributed by atoms with van der Waals surface area (Å²) in [5.41, 5.74) is -1.35. The van der Waals surface area contributed by atoms with E-state index in [-0.39, 0.29) is 19.4 Å². The second-order valence-corrected chi connectivity index (χ2v) is 4.66. The number of carboxylic acid groups (broad SMARTS) is 2. The first kappa shape index (κ1) is 16.7. The lowest BCUT2D eigenvalue weighted by Crippen LogP contribution is -2.42. The number of hydrogen-bond donors (Lipinski definition) is 2. The van der Waals surface area contributed by atoms with Crippen molar-refractivity contribution in [3.05, 3.63) is 35.9 Å². The zero-order chi connectivity index (χ0) is 15.9. The van der Waals surface area contributed by atoms with E-state index in [1.807, 2.05) is 6.07 Å². The lowest BCUT2D eigenvalue weighted by atomic mass is 9.79. The third-order valence-corrected chi connectivity index (χ3v) is 3.25. The van der Waals surface area contributed by atoms with Crippen LogP contribution in [-0.2, 0) is 25.5 Å². The molecule has 1 aromatic rings. The number of carboxylic acids is 2. The van der Waals surface area contributed by atoms with E-state index in [0.717, 1.165) is 5.56 Å². The summed E-state index contributed by atoms with van der Waals surface area (Å²) in [7, 11) is 0. The highest BCUT2D eigenvalue weighted by Crippen LogP contribution is 2.30. The Balaban J connectivity index is 2.93. The van der Waals surface area contributed by atoms with Crippen molar-refractivity contribution in [2.75, 3.05) is 6.61 Å². The average molecular weight is 294 g/mol. The van der Waals surface area contributed by atoms with E-state index >= 15 is 0 Å². The summed E-state index contributed by atoms with van der Waals surface area (Å²) in [4.78, 5) is 34.4. The molecule has 0 heterocycles. The van der Waals surface area contributed by atoms with Gasteiger partial charge in [0.1, 0.15) is 0 Å². The number of aryl methyl sites for hydroxylation is 1. The first-order valence-corrected chi connectivity index (χ1v) is 6.58. The van der Waals surface area contributed by atoms with Crippen molar-refractivity contribution in [3.63, 3.8) is 0 Å². The molecule has 114 valence electrons. The summed E-state index contributed by atoms with van der Waals surface area (Å²) < 4.78 is 4.68. The summed E-state index contributed by atoms with van der Waals surface area (Å²) in [6.45, 7) is 1.65. The van der Waals surface area contributed by atoms with Crippen LogP contribution >= 0.6 is 0 Å². The minimum Gasteiger partial charge on any atom is -0.480 e. The van der Waals surface area contributed by atoms with Crippen LogP contribution in [0.25, 0.3) is 0 Å². The van der Waals surface area contributed by atoms with Crippen LogP contribution in [0, 0.1) is 5.41 Å². The molecule has 0 spiro atoms. The Labute approximate surface area is 122 Å². The number of aliphatic carboxylic acids is 2. The fourth-order valence-corrected chi connectivity index (χ4v) is 2.01. The number of carbonyl (C=O) groups excluding carboxylic acids is 1. The van der Waals surface area contributed by atoms with Crippen LogP contribution in [0.1, 0.15) is 25.3 Å². The maximum Gasteiger partial charge on any atom is 0.321 e. The van der Waals surface area contributed by atoms with Gasteiger partial charge in [-0.05, 0) is 25.3 Å². The van der Waals surface area contributed by atoms with Crippen LogP contribution in [0.3, 0.4) is 0 Å². The molecule has 0 bridgehead atoms. The summed E-state index contributed by atoms with van der Waals surface area (Å²) in [6, 6.07) is 8.93. The van der Waals surface area contributed by atoms with Gasteiger partial charge in [-0.15, -0.1) is 0 Å². The summed E-state index contributed by atoms with van der Waals surface area (Å²) in [6.07, 6.45) is -0.613. The molecule has 0 aliphatic carbocycles. The van der Waals surface area contributed by atoms with Gasteiger partial charge in [0.25, 0.3) is 0 Å². The number of carbonyl (C=O) groups is 3. The topological polar surface area (TPSA) is 101 Å². The summed E-state index contributed by atoms with van der Waals surface area (Å²) in [5.74, 6) is -3.88. The maximum atomic E-state index is 11.5. The first-order chi connectivity index (χ1) is 9.92. The normalized spacial score (nSPS) is 10.9. The van der Waals surface area contributed by atoms with E-state index in [0.29, 0.717) is 0 Å². The molecule has 0 aliphatic heterocycles. The van der Waals surface area contributed by atoms with Crippen molar-refractivity contribution < 1.29 is 29.3 Å². The third kappa shape index (κ3) is 4.30. The van der Waals surface area contributed by atoms with Crippen molar-refractivity contribution in [1.82, 2.24) is 0 Å². The summed E-state index contributed by atoms with van der Waals surface area (Å²) in [5, 5.41) is 18.6. The molecular weight excluding hydrogens is 276 g/mol. The number of benzene rings is 1. The van der Waals surface area contributed by atoms with E-state index in [4.69, 9.17) is 0 Å². The van der Waals surface area contributed by atoms with Crippen molar-refractivity contribution in [1.29, 1.82) is 0 Å². The minimum absolute atomic E-state index is 0.0762. The zero-order valence-corrected chi connectivity index (χ0v) is 11.7. The Hall–Kier alpha value is -2.37. The van der Waals surface area contributed by atoms with Gasteiger partial charge in [0, 0.05) is 0 Å². The van der Waals surface area contributed by atoms with E-state index in [1.54, 1.807) is 31.2 Å². The van der Waals surface area contributed by atoms with Crippen molar-refractivity contribution in [2.45, 2.75) is 26.2 Å². The molecule has 0 unspecified atom stereocenters. The van der Waals surface area contributed by atoms with E-state index in [1.165, 1.54) is 0 Å². The van der Waals surface area contributed by atoms with Crippen LogP contribution in [0.5, 0.6) is 0 Å². The molecule has 0 atom stereocenters. The Morgan fingerprint density at radius 3 is 2.14 bits per heavy atom. The molecule has 6 nitrogen and oxygen atoms in total. The first-order valence-electron chi connectivity index (χ1n) is 6.58. The van der Waals surface area contributed by atoms with Gasteiger partial charge in [-0.3, -0.25) is 14.4 Å². The Kier molecular flexibility index (Phi) is 5.90. The van der Waals surface area contributed by atoms with Gasteiger partial charge in [0.2, 0.25) is 0 Å². The van der Waals surface area contributed by atoms with Gasteiger partial charge in [0.15, 0.2) is 5.41 Å². The standard InChI is InChI=1S/C15H18O6/c1-2-21-12(16)10-15(13(17)18,14(19)20)9-8-11-6-4-3-5-7-11/h3-7H,2,8-10H2,1H3,(H,17,18)(H,19,20). The number of hydrogen-bond acceptors (Lipinski definition) is 4. The van der Waals surface area contributed by atoms with Gasteiger partial charge in [-0.25, -0.2) is 0 Å². The molecule has 0 amide bonds. The maximum absolute atomic E-state index is 11.5. The fraction of sp³-hybridized carbons (Fsp3) is 0.400. The Morgan fingerprint density at radius 2 is 1.67 bits per heavy atom. The second kappa shape index (κ2) is 7.42. The lowest BCUT2D eigenvalue weighted by Gasteiger charge is -2.23. The smallest absolute Gasteiger partial charge is 0.321 e. The van der Waals surface area contributed by atoms with Crippen LogP contribution in [0.15, 0.2) is 30.3 Å². The molecule has 0 aliphatic rings. The highest BCUT2D eigenvalue weighted by atomic mass is 16.5. The molecule has 1 rings (SSSR count). The van der Waals surface area contributed by atoms with Crippen molar-refractivity contribution >= 4 is 17.9 Å².